The second-order valence-electron chi connectivity index (χ2n) is 5.60. The molecule has 2 rings (SSSR count). The fourth-order valence-electron chi connectivity index (χ4n) is 2.16. The summed E-state index contributed by atoms with van der Waals surface area (Å²) >= 11 is 0. The predicted octanol–water partition coefficient (Wildman–Crippen LogP) is 2.56. The number of benzene rings is 1. The van der Waals surface area contributed by atoms with Crippen LogP contribution in [-0.2, 0) is 0 Å². The number of ether oxygens (including phenoxy) is 1. The van der Waals surface area contributed by atoms with Crippen molar-refractivity contribution >= 4 is 6.08 Å². The molecule has 0 bridgehead atoms. The summed E-state index contributed by atoms with van der Waals surface area (Å²) < 4.78 is 5.95. The van der Waals surface area contributed by atoms with E-state index in [4.69, 9.17) is 10.5 Å². The lowest BCUT2D eigenvalue weighted by atomic mass is 9.94. The molecule has 2 unspecified atom stereocenters. The van der Waals surface area contributed by atoms with E-state index in [9.17, 15) is 5.11 Å². The summed E-state index contributed by atoms with van der Waals surface area (Å²) in [7, 11) is 0. The second-order valence-corrected chi connectivity index (χ2v) is 5.60. The number of aliphatic hydroxyl groups is 1. The van der Waals surface area contributed by atoms with Crippen LogP contribution in [0.25, 0.3) is 6.08 Å². The lowest BCUT2D eigenvalue weighted by molar-refractivity contribution is 0.150. The van der Waals surface area contributed by atoms with Gasteiger partial charge in [-0.05, 0) is 57.0 Å². The molecule has 1 aromatic carbocycles. The smallest absolute Gasteiger partial charge is 0.130 e. The number of aryl methyl sites for hydroxylation is 1. The number of nitrogens with two attached hydrogens (primary N) is 1. The highest BCUT2D eigenvalue weighted by atomic mass is 16.5. The molecule has 0 radical (unpaired) electrons. The summed E-state index contributed by atoms with van der Waals surface area (Å²) in [4.78, 5) is 0. The maximum absolute atomic E-state index is 10.0. The first kappa shape index (κ1) is 13.1. The van der Waals surface area contributed by atoms with E-state index in [1.165, 1.54) is 0 Å². The summed E-state index contributed by atoms with van der Waals surface area (Å²) in [6.07, 6.45) is 3.43. The van der Waals surface area contributed by atoms with Gasteiger partial charge in [-0.1, -0.05) is 6.08 Å². The zero-order valence-corrected chi connectivity index (χ0v) is 11.4. The summed E-state index contributed by atoms with van der Waals surface area (Å²) in [5.74, 6) is 0.892. The van der Waals surface area contributed by atoms with Gasteiger partial charge in [-0.15, -0.1) is 0 Å². The minimum atomic E-state index is -0.641. The molecule has 0 aromatic heterocycles. The predicted molar refractivity (Wildman–Crippen MR) is 73.5 cm³/mol. The van der Waals surface area contributed by atoms with Gasteiger partial charge in [0.1, 0.15) is 11.4 Å². The highest BCUT2D eigenvalue weighted by molar-refractivity contribution is 5.64. The largest absolute Gasteiger partial charge is 0.483 e. The molecular weight excluding hydrogens is 226 g/mol. The number of hydrogen-bond donors (Lipinski definition) is 2. The van der Waals surface area contributed by atoms with Crippen LogP contribution < -0.4 is 10.5 Å². The Hall–Kier alpha value is -1.32. The highest BCUT2D eigenvalue weighted by Crippen LogP contribution is 2.36. The molecule has 98 valence electrons. The summed E-state index contributed by atoms with van der Waals surface area (Å²) in [6.45, 7) is 7.84. The fourth-order valence-corrected chi connectivity index (χ4v) is 2.16. The van der Waals surface area contributed by atoms with Crippen molar-refractivity contribution in [3.05, 3.63) is 34.9 Å². The Morgan fingerprint density at radius 3 is 2.61 bits per heavy atom. The third-order valence-electron chi connectivity index (χ3n) is 3.19. The van der Waals surface area contributed by atoms with Crippen LogP contribution in [-0.4, -0.2) is 16.7 Å². The van der Waals surface area contributed by atoms with E-state index in [1.54, 1.807) is 6.92 Å². The third kappa shape index (κ3) is 2.42. The Bertz CT molecular complexity index is 490. The maximum Gasteiger partial charge on any atom is 0.130 e. The van der Waals surface area contributed by atoms with Gasteiger partial charge in [-0.25, -0.2) is 0 Å². The van der Waals surface area contributed by atoms with E-state index in [0.717, 1.165) is 22.4 Å². The van der Waals surface area contributed by atoms with Crippen LogP contribution >= 0.6 is 0 Å². The Labute approximate surface area is 108 Å². The number of rotatable bonds is 2. The van der Waals surface area contributed by atoms with E-state index < -0.39 is 6.10 Å². The summed E-state index contributed by atoms with van der Waals surface area (Å²) in [5, 5.41) is 10.0. The molecular formula is C15H21NO2. The highest BCUT2D eigenvalue weighted by Gasteiger charge is 2.24. The molecule has 3 nitrogen and oxygen atoms in total. The van der Waals surface area contributed by atoms with Crippen LogP contribution in [0.4, 0.5) is 0 Å². The number of aliphatic hydroxyl groups excluding tert-OH is 1. The minimum Gasteiger partial charge on any atom is -0.483 e. The minimum absolute atomic E-state index is 0.279. The van der Waals surface area contributed by atoms with Crippen LogP contribution in [0.15, 0.2) is 18.2 Å². The lowest BCUT2D eigenvalue weighted by Crippen LogP contribution is -2.28. The summed E-state index contributed by atoms with van der Waals surface area (Å²) in [5.41, 5.74) is 8.33. The Kier molecular flexibility index (Phi) is 3.21. The van der Waals surface area contributed by atoms with Crippen LogP contribution in [0.5, 0.6) is 5.75 Å². The van der Waals surface area contributed by atoms with E-state index in [0.29, 0.717) is 0 Å². The second kappa shape index (κ2) is 4.41. The van der Waals surface area contributed by atoms with Gasteiger partial charge in [-0.3, -0.25) is 0 Å². The van der Waals surface area contributed by atoms with Crippen molar-refractivity contribution < 1.29 is 9.84 Å². The first-order chi connectivity index (χ1) is 8.30. The van der Waals surface area contributed by atoms with Gasteiger partial charge < -0.3 is 15.6 Å². The zero-order chi connectivity index (χ0) is 13.5. The SMILES string of the molecule is Cc1cc(C(O)C(C)N)cc2c1OC(C)(C)C=C2. The average Bonchev–Trinajstić information content (AvgIpc) is 2.28. The molecule has 1 aromatic rings. The van der Waals surface area contributed by atoms with E-state index in [1.807, 2.05) is 45.1 Å². The van der Waals surface area contributed by atoms with Crippen molar-refractivity contribution in [1.29, 1.82) is 0 Å². The van der Waals surface area contributed by atoms with Crippen molar-refractivity contribution in [3.8, 4) is 5.75 Å². The van der Waals surface area contributed by atoms with Gasteiger partial charge in [-0.2, -0.15) is 0 Å². The van der Waals surface area contributed by atoms with Crippen molar-refractivity contribution in [1.82, 2.24) is 0 Å². The molecule has 0 saturated carbocycles. The molecule has 1 aliphatic heterocycles. The first-order valence-corrected chi connectivity index (χ1v) is 6.26. The standard InChI is InChI=1S/C15H21NO2/c1-9-7-12(13(17)10(2)16)8-11-5-6-15(3,4)18-14(9)11/h5-8,10,13,17H,16H2,1-4H3. The van der Waals surface area contributed by atoms with E-state index in [2.05, 4.69) is 0 Å². The molecule has 1 aliphatic rings. The Balaban J connectivity index is 2.45. The van der Waals surface area contributed by atoms with Gasteiger partial charge in [0, 0.05) is 11.6 Å². The van der Waals surface area contributed by atoms with Gasteiger partial charge in [0.05, 0.1) is 6.10 Å². The molecule has 2 atom stereocenters. The monoisotopic (exact) mass is 247 g/mol. The Morgan fingerprint density at radius 2 is 2.00 bits per heavy atom. The van der Waals surface area contributed by atoms with Crippen molar-refractivity contribution in [3.63, 3.8) is 0 Å². The molecule has 3 heteroatoms. The zero-order valence-electron chi connectivity index (χ0n) is 11.4. The molecule has 3 N–H and O–H groups in total. The molecule has 0 aliphatic carbocycles. The Morgan fingerprint density at radius 1 is 1.33 bits per heavy atom. The lowest BCUT2D eigenvalue weighted by Gasteiger charge is -2.30. The van der Waals surface area contributed by atoms with Crippen LogP contribution in [0.2, 0.25) is 0 Å². The molecule has 0 fully saturated rings. The number of hydrogen-bond acceptors (Lipinski definition) is 3. The van der Waals surface area contributed by atoms with Gasteiger partial charge in [0.25, 0.3) is 0 Å². The molecule has 1 heterocycles. The van der Waals surface area contributed by atoms with Gasteiger partial charge >= 0.3 is 0 Å². The van der Waals surface area contributed by atoms with E-state index >= 15 is 0 Å². The normalized spacial score (nSPS) is 19.9. The fraction of sp³-hybridized carbons (Fsp3) is 0.467. The third-order valence-corrected chi connectivity index (χ3v) is 3.19. The molecule has 0 amide bonds. The topological polar surface area (TPSA) is 55.5 Å². The molecule has 0 spiro atoms. The van der Waals surface area contributed by atoms with Crippen molar-refractivity contribution in [2.45, 2.75) is 45.4 Å². The van der Waals surface area contributed by atoms with Gasteiger partial charge in [0.2, 0.25) is 0 Å². The number of fused-ring (bicyclic) bond motifs is 1. The molecule has 0 saturated heterocycles. The average molecular weight is 247 g/mol. The maximum atomic E-state index is 10.0. The van der Waals surface area contributed by atoms with Crippen LogP contribution in [0.1, 0.15) is 43.6 Å². The van der Waals surface area contributed by atoms with Crippen LogP contribution in [0, 0.1) is 6.92 Å². The van der Waals surface area contributed by atoms with Crippen LogP contribution in [0.3, 0.4) is 0 Å². The van der Waals surface area contributed by atoms with Gasteiger partial charge in [0.15, 0.2) is 0 Å². The van der Waals surface area contributed by atoms with Crippen molar-refractivity contribution in [2.75, 3.05) is 0 Å². The summed E-state index contributed by atoms with van der Waals surface area (Å²) in [6, 6.07) is 3.61. The van der Waals surface area contributed by atoms with E-state index in [-0.39, 0.29) is 11.6 Å². The molecule has 18 heavy (non-hydrogen) atoms. The van der Waals surface area contributed by atoms with Crippen molar-refractivity contribution in [2.24, 2.45) is 5.73 Å². The quantitative estimate of drug-likeness (QED) is 0.844. The first-order valence-electron chi connectivity index (χ1n) is 6.26.